The Morgan fingerprint density at radius 1 is 1.47 bits per heavy atom. The molecule has 0 rings (SSSR count). The van der Waals surface area contributed by atoms with Crippen molar-refractivity contribution in [3.05, 3.63) is 12.2 Å². The van der Waals surface area contributed by atoms with Gasteiger partial charge in [-0.05, 0) is 6.92 Å². The van der Waals surface area contributed by atoms with Gasteiger partial charge in [-0.3, -0.25) is 0 Å². The van der Waals surface area contributed by atoms with Crippen LogP contribution in [0.2, 0.25) is 0 Å². The lowest BCUT2D eigenvalue weighted by atomic mass is 10.3. The quantitative estimate of drug-likeness (QED) is 0.375. The normalized spacial score (nSPS) is 12.2. The number of carbonyl (C=O) groups excluding carboxylic acids is 1. The van der Waals surface area contributed by atoms with Crippen molar-refractivity contribution in [2.45, 2.75) is 12.2 Å². The summed E-state index contributed by atoms with van der Waals surface area (Å²) in [6, 6.07) is 0. The number of esters is 1. The molecule has 0 N–H and O–H groups in total. The lowest BCUT2D eigenvalue weighted by molar-refractivity contribution is -0.139. The summed E-state index contributed by atoms with van der Waals surface area (Å²) >= 11 is 0. The molecular weight excluding hydrogens is 262 g/mol. The molecule has 0 bridgehead atoms. The molecule has 0 spiro atoms. The Morgan fingerprint density at radius 2 is 2.00 bits per heavy atom. The van der Waals surface area contributed by atoms with Crippen LogP contribution in [-0.4, -0.2) is 44.0 Å². The van der Waals surface area contributed by atoms with Gasteiger partial charge in [0.2, 0.25) is 0 Å². The van der Waals surface area contributed by atoms with E-state index < -0.39 is 34.6 Å². The molecule has 17 heavy (non-hydrogen) atoms. The molecule has 100 valence electrons. The van der Waals surface area contributed by atoms with Crippen LogP contribution >= 0.6 is 0 Å². The van der Waals surface area contributed by atoms with Crippen LogP contribution in [0.15, 0.2) is 12.2 Å². The summed E-state index contributed by atoms with van der Waals surface area (Å²) in [5.74, 6) is -0.846. The van der Waals surface area contributed by atoms with Gasteiger partial charge >= 0.3 is 11.2 Å². The zero-order valence-corrected chi connectivity index (χ0v) is 9.76. The molecule has 0 radical (unpaired) electrons. The van der Waals surface area contributed by atoms with Crippen molar-refractivity contribution in [3.63, 3.8) is 0 Å². The molecule has 0 aliphatic heterocycles. The maximum atomic E-state index is 12.6. The predicted molar refractivity (Wildman–Crippen MR) is 51.2 cm³/mol. The summed E-state index contributed by atoms with van der Waals surface area (Å²) in [7, 11) is -5.78. The van der Waals surface area contributed by atoms with Crippen molar-refractivity contribution < 1.29 is 36.0 Å². The highest BCUT2D eigenvalue weighted by molar-refractivity contribution is 7.86. The molecule has 0 aromatic carbocycles. The van der Waals surface area contributed by atoms with Crippen LogP contribution in [-0.2, 0) is 24.4 Å². The molecule has 0 saturated carbocycles. The van der Waals surface area contributed by atoms with Crippen molar-refractivity contribution >= 4 is 16.1 Å². The minimum absolute atomic E-state index is 0.0724. The van der Waals surface area contributed by atoms with Crippen LogP contribution in [0.25, 0.3) is 0 Å². The number of alkyl halides is 2. The summed E-state index contributed by atoms with van der Waals surface area (Å²) < 4.78 is 64.0. The Balaban J connectivity index is 4.17. The van der Waals surface area contributed by atoms with Crippen molar-refractivity contribution in [2.75, 3.05) is 19.8 Å². The van der Waals surface area contributed by atoms with E-state index in [0.717, 1.165) is 0 Å². The van der Waals surface area contributed by atoms with Gasteiger partial charge in [0.1, 0.15) is 6.61 Å². The monoisotopic (exact) mass is 273 g/mol. The standard InChI is InChI=1S/C8H12F2O6S/c1-3-16-7(11)6(2)4-15-5-8(9,10)17(12,13)14/h2-5H2,1H3,(H,12,13,14)/p-1. The fourth-order valence-electron chi connectivity index (χ4n) is 0.657. The van der Waals surface area contributed by atoms with E-state index in [9.17, 15) is 26.5 Å². The van der Waals surface area contributed by atoms with Gasteiger partial charge < -0.3 is 14.0 Å². The van der Waals surface area contributed by atoms with Crippen LogP contribution in [0.5, 0.6) is 0 Å². The molecule has 0 unspecified atom stereocenters. The van der Waals surface area contributed by atoms with Gasteiger partial charge in [-0.1, -0.05) is 6.58 Å². The third-order valence-corrected chi connectivity index (χ3v) is 2.33. The fraction of sp³-hybridized carbons (Fsp3) is 0.625. The second kappa shape index (κ2) is 6.03. The van der Waals surface area contributed by atoms with Gasteiger partial charge in [0.25, 0.3) is 0 Å². The summed E-state index contributed by atoms with van der Waals surface area (Å²) in [5, 5.41) is -4.54. The zero-order valence-electron chi connectivity index (χ0n) is 8.94. The van der Waals surface area contributed by atoms with E-state index in [4.69, 9.17) is 0 Å². The van der Waals surface area contributed by atoms with Gasteiger partial charge in [0.05, 0.1) is 18.8 Å². The molecule has 0 heterocycles. The van der Waals surface area contributed by atoms with E-state index in [1.807, 2.05) is 0 Å². The molecule has 0 amide bonds. The van der Waals surface area contributed by atoms with E-state index in [1.165, 1.54) is 6.92 Å². The molecule has 9 heteroatoms. The van der Waals surface area contributed by atoms with E-state index in [0.29, 0.717) is 0 Å². The number of halogens is 2. The second-order valence-corrected chi connectivity index (χ2v) is 4.41. The first-order valence-electron chi connectivity index (χ1n) is 4.37. The highest BCUT2D eigenvalue weighted by atomic mass is 32.2. The number of carbonyl (C=O) groups is 1. The summed E-state index contributed by atoms with van der Waals surface area (Å²) in [6.45, 7) is 2.50. The predicted octanol–water partition coefficient (Wildman–Crippen LogP) is 0.260. The Labute approximate surface area is 97.0 Å². The average molecular weight is 273 g/mol. The Kier molecular flexibility index (Phi) is 5.66. The Hall–Kier alpha value is -1.06. The first kappa shape index (κ1) is 15.9. The Bertz CT molecular complexity index is 389. The topological polar surface area (TPSA) is 92.7 Å². The number of hydrogen-bond acceptors (Lipinski definition) is 6. The Morgan fingerprint density at radius 3 is 2.41 bits per heavy atom. The van der Waals surface area contributed by atoms with Crippen LogP contribution < -0.4 is 0 Å². The lowest BCUT2D eigenvalue weighted by Gasteiger charge is -2.19. The first-order chi connectivity index (χ1) is 7.62. The SMILES string of the molecule is C=C(COCC(F)(F)S(=O)(=O)[O-])C(=O)OCC. The number of ether oxygens (including phenoxy) is 2. The molecular formula is C8H11F2O6S-. The highest BCUT2D eigenvalue weighted by Gasteiger charge is 2.37. The minimum atomic E-state index is -5.78. The van der Waals surface area contributed by atoms with Crippen molar-refractivity contribution in [3.8, 4) is 0 Å². The van der Waals surface area contributed by atoms with Crippen molar-refractivity contribution in [1.82, 2.24) is 0 Å². The third kappa shape index (κ3) is 5.20. The molecule has 0 aliphatic rings. The average Bonchev–Trinajstić information content (AvgIpc) is 2.15. The molecule has 6 nitrogen and oxygen atoms in total. The van der Waals surface area contributed by atoms with Crippen LogP contribution in [0.3, 0.4) is 0 Å². The largest absolute Gasteiger partial charge is 0.743 e. The zero-order chi connectivity index (χ0) is 13.7. The van der Waals surface area contributed by atoms with Gasteiger partial charge in [-0.2, -0.15) is 8.78 Å². The van der Waals surface area contributed by atoms with E-state index in [1.54, 1.807) is 0 Å². The summed E-state index contributed by atoms with van der Waals surface area (Å²) in [5.41, 5.74) is -0.258. The third-order valence-electron chi connectivity index (χ3n) is 1.48. The van der Waals surface area contributed by atoms with Crippen LogP contribution in [0, 0.1) is 0 Å². The highest BCUT2D eigenvalue weighted by Crippen LogP contribution is 2.20. The molecule has 0 atom stereocenters. The molecule has 0 aromatic heterocycles. The maximum absolute atomic E-state index is 12.6. The van der Waals surface area contributed by atoms with Gasteiger partial charge in [-0.25, -0.2) is 13.2 Å². The van der Waals surface area contributed by atoms with Crippen LogP contribution in [0.4, 0.5) is 8.78 Å². The van der Waals surface area contributed by atoms with E-state index >= 15 is 0 Å². The first-order valence-corrected chi connectivity index (χ1v) is 5.78. The second-order valence-electron chi connectivity index (χ2n) is 2.91. The minimum Gasteiger partial charge on any atom is -0.743 e. The van der Waals surface area contributed by atoms with E-state index in [2.05, 4.69) is 16.1 Å². The smallest absolute Gasteiger partial charge is 0.357 e. The van der Waals surface area contributed by atoms with Gasteiger partial charge in [-0.15, -0.1) is 0 Å². The molecule has 0 fully saturated rings. The number of hydrogen-bond donors (Lipinski definition) is 0. The molecule has 0 aromatic rings. The molecule has 0 saturated heterocycles. The summed E-state index contributed by atoms with van der Waals surface area (Å²) in [6.07, 6.45) is 0. The number of rotatable bonds is 7. The van der Waals surface area contributed by atoms with Crippen molar-refractivity contribution in [1.29, 1.82) is 0 Å². The maximum Gasteiger partial charge on any atom is 0.357 e. The molecule has 0 aliphatic carbocycles. The van der Waals surface area contributed by atoms with Gasteiger partial charge in [0.15, 0.2) is 10.1 Å². The summed E-state index contributed by atoms with van der Waals surface area (Å²) in [4.78, 5) is 10.9. The lowest BCUT2D eigenvalue weighted by Crippen LogP contribution is -2.34. The van der Waals surface area contributed by atoms with Gasteiger partial charge in [0, 0.05) is 0 Å². The fourth-order valence-corrected chi connectivity index (χ4v) is 0.885. The van der Waals surface area contributed by atoms with E-state index in [-0.39, 0.29) is 12.2 Å². The van der Waals surface area contributed by atoms with Crippen LogP contribution in [0.1, 0.15) is 6.92 Å². The van der Waals surface area contributed by atoms with Crippen molar-refractivity contribution in [2.24, 2.45) is 0 Å².